The number of benzene rings is 1. The van der Waals surface area contributed by atoms with Crippen LogP contribution in [0.25, 0.3) is 0 Å². The number of rotatable bonds is 7. The molecule has 0 bridgehead atoms. The van der Waals surface area contributed by atoms with Crippen molar-refractivity contribution in [3.8, 4) is 0 Å². The Bertz CT molecular complexity index is 434. The summed E-state index contributed by atoms with van der Waals surface area (Å²) in [5.74, 6) is 0.115. The molecule has 0 aromatic heterocycles. The number of hydrogen-bond acceptors (Lipinski definition) is 3. The first kappa shape index (κ1) is 14.5. The molecule has 0 amide bonds. The van der Waals surface area contributed by atoms with Gasteiger partial charge in [-0.25, -0.2) is 4.79 Å². The molecular formula is C14H18ClNO2S. The summed E-state index contributed by atoms with van der Waals surface area (Å²) in [5.41, 5.74) is 0.959. The highest BCUT2D eigenvalue weighted by molar-refractivity contribution is 7.98. The lowest BCUT2D eigenvalue weighted by Crippen LogP contribution is -2.43. The zero-order chi connectivity index (χ0) is 13.8. The van der Waals surface area contributed by atoms with Gasteiger partial charge in [-0.1, -0.05) is 11.6 Å². The third-order valence-corrected chi connectivity index (χ3v) is 4.18. The van der Waals surface area contributed by atoms with Crippen LogP contribution in [0.1, 0.15) is 19.3 Å². The Labute approximate surface area is 122 Å². The molecule has 1 fully saturated rings. The van der Waals surface area contributed by atoms with Gasteiger partial charge in [0.25, 0.3) is 0 Å². The van der Waals surface area contributed by atoms with Crippen LogP contribution in [-0.4, -0.2) is 35.2 Å². The molecule has 0 heterocycles. The third-order valence-electron chi connectivity index (χ3n) is 3.28. The fraction of sp³-hybridized carbons (Fsp3) is 0.500. The number of carboxylic acids is 1. The van der Waals surface area contributed by atoms with Crippen LogP contribution in [0.15, 0.2) is 24.3 Å². The summed E-state index contributed by atoms with van der Waals surface area (Å²) < 4.78 is 0. The number of hydrogen-bond donors (Lipinski definition) is 1. The second kappa shape index (κ2) is 6.53. The van der Waals surface area contributed by atoms with E-state index in [0.717, 1.165) is 24.3 Å². The Morgan fingerprint density at radius 3 is 2.58 bits per heavy atom. The number of aliphatic carboxylic acids is 1. The van der Waals surface area contributed by atoms with Gasteiger partial charge in [-0.3, -0.25) is 0 Å². The normalized spacial score (nSPS) is 16.1. The van der Waals surface area contributed by atoms with Gasteiger partial charge in [0, 0.05) is 16.8 Å². The lowest BCUT2D eigenvalue weighted by atomic mass is 10.1. The lowest BCUT2D eigenvalue weighted by Gasteiger charge is -2.31. The number of carboxylic acid groups (broad SMARTS) is 1. The highest BCUT2D eigenvalue weighted by Crippen LogP contribution is 2.35. The third kappa shape index (κ3) is 3.80. The van der Waals surface area contributed by atoms with Crippen molar-refractivity contribution in [2.75, 3.05) is 16.9 Å². The molecule has 1 saturated carbocycles. The van der Waals surface area contributed by atoms with E-state index >= 15 is 0 Å². The predicted molar refractivity (Wildman–Crippen MR) is 81.4 cm³/mol. The second-order valence-corrected chi connectivity index (χ2v) is 6.17. The number of halogens is 1. The van der Waals surface area contributed by atoms with E-state index in [1.54, 1.807) is 11.8 Å². The van der Waals surface area contributed by atoms with Crippen molar-refractivity contribution >= 4 is 35.0 Å². The molecule has 0 unspecified atom stereocenters. The highest BCUT2D eigenvalue weighted by atomic mass is 35.5. The van der Waals surface area contributed by atoms with E-state index in [2.05, 4.69) is 4.90 Å². The molecular weight excluding hydrogens is 282 g/mol. The van der Waals surface area contributed by atoms with E-state index in [4.69, 9.17) is 11.6 Å². The first-order valence-electron chi connectivity index (χ1n) is 6.39. The number of thioether (sulfide) groups is 1. The average Bonchev–Trinajstić information content (AvgIpc) is 3.20. The molecule has 19 heavy (non-hydrogen) atoms. The number of nitrogens with zero attached hydrogens (tertiary/aromatic N) is 1. The van der Waals surface area contributed by atoms with E-state index < -0.39 is 12.0 Å². The lowest BCUT2D eigenvalue weighted by molar-refractivity contribution is -0.138. The molecule has 0 aliphatic heterocycles. The largest absolute Gasteiger partial charge is 0.480 e. The van der Waals surface area contributed by atoms with Gasteiger partial charge in [0.2, 0.25) is 0 Å². The van der Waals surface area contributed by atoms with Crippen LogP contribution in [0, 0.1) is 0 Å². The monoisotopic (exact) mass is 299 g/mol. The maximum Gasteiger partial charge on any atom is 0.326 e. The summed E-state index contributed by atoms with van der Waals surface area (Å²) >= 11 is 7.58. The number of anilines is 1. The zero-order valence-electron chi connectivity index (χ0n) is 10.9. The van der Waals surface area contributed by atoms with Gasteiger partial charge in [0.05, 0.1) is 0 Å². The van der Waals surface area contributed by atoms with Crippen molar-refractivity contribution in [1.82, 2.24) is 0 Å². The van der Waals surface area contributed by atoms with Crippen molar-refractivity contribution in [1.29, 1.82) is 0 Å². The Morgan fingerprint density at radius 2 is 2.11 bits per heavy atom. The quantitative estimate of drug-likeness (QED) is 0.836. The van der Waals surface area contributed by atoms with Crippen molar-refractivity contribution in [3.63, 3.8) is 0 Å². The topological polar surface area (TPSA) is 40.5 Å². The van der Waals surface area contributed by atoms with Gasteiger partial charge >= 0.3 is 5.97 Å². The van der Waals surface area contributed by atoms with E-state index in [0.29, 0.717) is 17.5 Å². The van der Waals surface area contributed by atoms with Crippen molar-refractivity contribution in [2.45, 2.75) is 31.3 Å². The molecule has 1 atom stereocenters. The molecule has 5 heteroatoms. The summed E-state index contributed by atoms with van der Waals surface area (Å²) in [6.07, 6.45) is 4.82. The van der Waals surface area contributed by atoms with Gasteiger partial charge in [-0.15, -0.1) is 0 Å². The molecule has 1 aliphatic carbocycles. The zero-order valence-corrected chi connectivity index (χ0v) is 12.5. The van der Waals surface area contributed by atoms with Gasteiger partial charge in [-0.2, -0.15) is 11.8 Å². The van der Waals surface area contributed by atoms with E-state index in [1.165, 1.54) is 0 Å². The van der Waals surface area contributed by atoms with Crippen molar-refractivity contribution in [2.24, 2.45) is 0 Å². The maximum absolute atomic E-state index is 11.5. The van der Waals surface area contributed by atoms with Crippen LogP contribution in [0.2, 0.25) is 5.02 Å². The molecule has 1 aromatic rings. The summed E-state index contributed by atoms with van der Waals surface area (Å²) in [5, 5.41) is 10.2. The molecule has 1 aliphatic rings. The molecule has 0 radical (unpaired) electrons. The van der Waals surface area contributed by atoms with Gasteiger partial charge in [-0.05, 0) is 55.5 Å². The fourth-order valence-electron chi connectivity index (χ4n) is 2.22. The Morgan fingerprint density at radius 1 is 1.47 bits per heavy atom. The molecule has 2 rings (SSSR count). The van der Waals surface area contributed by atoms with Crippen LogP contribution in [0.3, 0.4) is 0 Å². The minimum Gasteiger partial charge on any atom is -0.480 e. The molecule has 104 valence electrons. The number of carbonyl (C=O) groups is 1. The molecule has 3 nitrogen and oxygen atoms in total. The predicted octanol–water partition coefficient (Wildman–Crippen LogP) is 3.52. The molecule has 1 aromatic carbocycles. The first-order valence-corrected chi connectivity index (χ1v) is 8.16. The van der Waals surface area contributed by atoms with E-state index in [1.807, 2.05) is 30.5 Å². The molecule has 0 spiro atoms. The van der Waals surface area contributed by atoms with Crippen LogP contribution >= 0.6 is 23.4 Å². The Kier molecular flexibility index (Phi) is 4.99. The van der Waals surface area contributed by atoms with Crippen LogP contribution in [-0.2, 0) is 4.79 Å². The minimum absolute atomic E-state index is 0.365. The maximum atomic E-state index is 11.5. The standard InChI is InChI=1S/C14H18ClNO2S/c1-19-9-8-13(14(17)18)16(12-6-7-12)11-4-2-10(15)3-5-11/h2-5,12-13H,6-9H2,1H3,(H,17,18)/t13-/m0/s1. The fourth-order valence-corrected chi connectivity index (χ4v) is 2.81. The van der Waals surface area contributed by atoms with Crippen LogP contribution < -0.4 is 4.90 Å². The Balaban J connectivity index is 2.21. The summed E-state index contributed by atoms with van der Waals surface area (Å²) in [4.78, 5) is 13.6. The SMILES string of the molecule is CSCC[C@@H](C(=O)O)N(c1ccc(Cl)cc1)C1CC1. The van der Waals surface area contributed by atoms with Gasteiger partial charge < -0.3 is 10.0 Å². The van der Waals surface area contributed by atoms with E-state index in [9.17, 15) is 9.90 Å². The molecule has 1 N–H and O–H groups in total. The van der Waals surface area contributed by atoms with E-state index in [-0.39, 0.29) is 0 Å². The first-order chi connectivity index (χ1) is 9.13. The summed E-state index contributed by atoms with van der Waals surface area (Å²) in [6.45, 7) is 0. The van der Waals surface area contributed by atoms with Crippen LogP contribution in [0.5, 0.6) is 0 Å². The minimum atomic E-state index is -0.740. The average molecular weight is 300 g/mol. The summed E-state index contributed by atoms with van der Waals surface area (Å²) in [6, 6.07) is 7.38. The molecule has 0 saturated heterocycles. The van der Waals surface area contributed by atoms with Crippen molar-refractivity contribution < 1.29 is 9.90 Å². The second-order valence-electron chi connectivity index (χ2n) is 4.75. The summed E-state index contributed by atoms with van der Waals surface area (Å²) in [7, 11) is 0. The van der Waals surface area contributed by atoms with Crippen molar-refractivity contribution in [3.05, 3.63) is 29.3 Å². The van der Waals surface area contributed by atoms with Gasteiger partial charge in [0.1, 0.15) is 6.04 Å². The Hall–Kier alpha value is -0.870. The van der Waals surface area contributed by atoms with Crippen LogP contribution in [0.4, 0.5) is 5.69 Å². The van der Waals surface area contributed by atoms with Gasteiger partial charge in [0.15, 0.2) is 0 Å². The highest BCUT2D eigenvalue weighted by Gasteiger charge is 2.37. The smallest absolute Gasteiger partial charge is 0.326 e.